The molecule has 0 bridgehead atoms. The lowest BCUT2D eigenvalue weighted by atomic mass is 10.3. The zero-order chi connectivity index (χ0) is 15.1. The fourth-order valence-electron chi connectivity index (χ4n) is 1.79. The van der Waals surface area contributed by atoms with Crippen molar-refractivity contribution in [3.05, 3.63) is 0 Å². The molecule has 0 aromatic heterocycles. The van der Waals surface area contributed by atoms with E-state index in [1.807, 2.05) is 13.8 Å². The van der Waals surface area contributed by atoms with Crippen LogP contribution < -0.4 is 0 Å². The van der Waals surface area contributed by atoms with E-state index in [0.717, 1.165) is 45.8 Å². The van der Waals surface area contributed by atoms with Crippen molar-refractivity contribution in [1.82, 2.24) is 4.90 Å². The molecule has 0 heterocycles. The van der Waals surface area contributed by atoms with E-state index in [9.17, 15) is 5.11 Å². The zero-order valence-corrected chi connectivity index (χ0v) is 13.5. The van der Waals surface area contributed by atoms with E-state index in [1.165, 1.54) is 0 Å². The summed E-state index contributed by atoms with van der Waals surface area (Å²) in [4.78, 5) is 2.17. The minimum Gasteiger partial charge on any atom is -0.389 e. The highest BCUT2D eigenvalue weighted by molar-refractivity contribution is 4.64. The van der Waals surface area contributed by atoms with E-state index in [1.54, 1.807) is 0 Å². The highest BCUT2D eigenvalue weighted by Crippen LogP contribution is 1.97. The normalized spacial score (nSPS) is 13.1. The predicted octanol–water partition coefficient (Wildman–Crippen LogP) is 1.54. The van der Waals surface area contributed by atoms with Crippen LogP contribution in [0.4, 0.5) is 0 Å². The van der Waals surface area contributed by atoms with Crippen molar-refractivity contribution in [2.75, 3.05) is 59.3 Å². The molecule has 122 valence electrons. The molecule has 5 nitrogen and oxygen atoms in total. The molecule has 0 aromatic rings. The summed E-state index contributed by atoms with van der Waals surface area (Å²) in [6.45, 7) is 12.3. The Bertz CT molecular complexity index is 183. The Hall–Kier alpha value is -0.200. The van der Waals surface area contributed by atoms with Gasteiger partial charge in [-0.1, -0.05) is 13.3 Å². The Morgan fingerprint density at radius 1 is 0.900 bits per heavy atom. The number of unbranched alkanes of at least 4 members (excludes halogenated alkanes) is 1. The lowest BCUT2D eigenvalue weighted by Gasteiger charge is -2.24. The summed E-state index contributed by atoms with van der Waals surface area (Å²) in [5.74, 6) is 0. The smallest absolute Gasteiger partial charge is 0.0900 e. The molecular weight excluding hydrogens is 258 g/mol. The van der Waals surface area contributed by atoms with Gasteiger partial charge < -0.3 is 19.3 Å². The average molecular weight is 291 g/mol. The second-order valence-corrected chi connectivity index (χ2v) is 4.78. The standard InChI is InChI=1S/C15H33NO4/c1-4-7-10-20-14-15(17)13-16(8-11-18-5-2)9-12-19-6-3/h15,17H,4-14H2,1-3H3. The maximum absolute atomic E-state index is 9.98. The van der Waals surface area contributed by atoms with Crippen molar-refractivity contribution in [3.63, 3.8) is 0 Å². The van der Waals surface area contributed by atoms with E-state index in [2.05, 4.69) is 11.8 Å². The van der Waals surface area contributed by atoms with Gasteiger partial charge in [0.1, 0.15) is 0 Å². The predicted molar refractivity (Wildman–Crippen MR) is 81.2 cm³/mol. The zero-order valence-electron chi connectivity index (χ0n) is 13.5. The van der Waals surface area contributed by atoms with Crippen LogP contribution in [0.15, 0.2) is 0 Å². The Balaban J connectivity index is 3.84. The summed E-state index contributed by atoms with van der Waals surface area (Å²) in [7, 11) is 0. The Morgan fingerprint density at radius 3 is 2.00 bits per heavy atom. The number of rotatable bonds is 15. The lowest BCUT2D eigenvalue weighted by molar-refractivity contribution is 0.00394. The molecule has 1 unspecified atom stereocenters. The van der Waals surface area contributed by atoms with Crippen LogP contribution in [-0.4, -0.2) is 75.4 Å². The van der Waals surface area contributed by atoms with Gasteiger partial charge in [0.2, 0.25) is 0 Å². The first-order valence-corrected chi connectivity index (χ1v) is 7.88. The topological polar surface area (TPSA) is 51.2 Å². The van der Waals surface area contributed by atoms with Crippen LogP contribution in [-0.2, 0) is 14.2 Å². The molecular formula is C15H33NO4. The molecule has 0 spiro atoms. The SMILES string of the molecule is CCCCOCC(O)CN(CCOCC)CCOCC. The van der Waals surface area contributed by atoms with Gasteiger partial charge in [0.15, 0.2) is 0 Å². The molecule has 0 aliphatic heterocycles. The van der Waals surface area contributed by atoms with Gasteiger partial charge in [-0.3, -0.25) is 4.90 Å². The third kappa shape index (κ3) is 12.8. The van der Waals surface area contributed by atoms with Crippen molar-refractivity contribution in [3.8, 4) is 0 Å². The summed E-state index contributed by atoms with van der Waals surface area (Å²) >= 11 is 0. The molecule has 0 radical (unpaired) electrons. The lowest BCUT2D eigenvalue weighted by Crippen LogP contribution is -2.39. The number of aliphatic hydroxyl groups is 1. The van der Waals surface area contributed by atoms with E-state index in [4.69, 9.17) is 14.2 Å². The Morgan fingerprint density at radius 2 is 1.50 bits per heavy atom. The Kier molecular flexibility index (Phi) is 15.0. The first kappa shape index (κ1) is 19.8. The number of nitrogens with zero attached hydrogens (tertiary/aromatic N) is 1. The van der Waals surface area contributed by atoms with Crippen molar-refractivity contribution in [2.24, 2.45) is 0 Å². The maximum atomic E-state index is 9.98. The van der Waals surface area contributed by atoms with E-state index in [-0.39, 0.29) is 0 Å². The van der Waals surface area contributed by atoms with Crippen LogP contribution >= 0.6 is 0 Å². The first-order chi connectivity index (χ1) is 9.74. The number of ether oxygens (including phenoxy) is 3. The van der Waals surface area contributed by atoms with Gasteiger partial charge in [0.05, 0.1) is 25.9 Å². The molecule has 1 N–H and O–H groups in total. The van der Waals surface area contributed by atoms with Gasteiger partial charge >= 0.3 is 0 Å². The maximum Gasteiger partial charge on any atom is 0.0900 e. The summed E-state index contributed by atoms with van der Waals surface area (Å²) in [6.07, 6.45) is 1.71. The van der Waals surface area contributed by atoms with Gasteiger partial charge in [0.25, 0.3) is 0 Å². The number of aliphatic hydroxyl groups excluding tert-OH is 1. The minimum atomic E-state index is -0.449. The van der Waals surface area contributed by atoms with Crippen LogP contribution in [0.5, 0.6) is 0 Å². The van der Waals surface area contributed by atoms with Crippen molar-refractivity contribution in [2.45, 2.75) is 39.7 Å². The monoisotopic (exact) mass is 291 g/mol. The van der Waals surface area contributed by atoms with Crippen LogP contribution in [0, 0.1) is 0 Å². The Labute approximate surface area is 124 Å². The van der Waals surface area contributed by atoms with Gasteiger partial charge in [-0.25, -0.2) is 0 Å². The highest BCUT2D eigenvalue weighted by atomic mass is 16.5. The van der Waals surface area contributed by atoms with Crippen LogP contribution in [0.2, 0.25) is 0 Å². The quantitative estimate of drug-likeness (QED) is 0.464. The summed E-state index contributed by atoms with van der Waals surface area (Å²) in [5.41, 5.74) is 0. The first-order valence-electron chi connectivity index (χ1n) is 7.88. The van der Waals surface area contributed by atoms with Gasteiger partial charge in [0, 0.05) is 39.5 Å². The molecule has 0 aliphatic rings. The second kappa shape index (κ2) is 15.2. The van der Waals surface area contributed by atoms with Crippen molar-refractivity contribution in [1.29, 1.82) is 0 Å². The summed E-state index contributed by atoms with van der Waals surface area (Å²) < 4.78 is 16.2. The van der Waals surface area contributed by atoms with Crippen molar-refractivity contribution < 1.29 is 19.3 Å². The van der Waals surface area contributed by atoms with Gasteiger partial charge in [-0.05, 0) is 20.3 Å². The highest BCUT2D eigenvalue weighted by Gasteiger charge is 2.11. The molecule has 0 fully saturated rings. The molecule has 0 saturated carbocycles. The fraction of sp³-hybridized carbons (Fsp3) is 1.00. The fourth-order valence-corrected chi connectivity index (χ4v) is 1.79. The summed E-state index contributed by atoms with van der Waals surface area (Å²) in [5, 5.41) is 9.98. The average Bonchev–Trinajstić information content (AvgIpc) is 2.44. The van der Waals surface area contributed by atoms with Crippen LogP contribution in [0.1, 0.15) is 33.6 Å². The minimum absolute atomic E-state index is 0.403. The molecule has 0 saturated heterocycles. The van der Waals surface area contributed by atoms with E-state index >= 15 is 0 Å². The molecule has 1 atom stereocenters. The molecule has 0 aromatic carbocycles. The number of hydrogen-bond acceptors (Lipinski definition) is 5. The molecule has 20 heavy (non-hydrogen) atoms. The van der Waals surface area contributed by atoms with E-state index < -0.39 is 6.10 Å². The largest absolute Gasteiger partial charge is 0.389 e. The second-order valence-electron chi connectivity index (χ2n) is 4.78. The van der Waals surface area contributed by atoms with Crippen LogP contribution in [0.25, 0.3) is 0 Å². The summed E-state index contributed by atoms with van der Waals surface area (Å²) in [6, 6.07) is 0. The molecule has 0 amide bonds. The third-order valence-corrected chi connectivity index (χ3v) is 2.93. The molecule has 0 rings (SSSR count). The molecule has 0 aliphatic carbocycles. The van der Waals surface area contributed by atoms with Gasteiger partial charge in [-0.2, -0.15) is 0 Å². The van der Waals surface area contributed by atoms with Gasteiger partial charge in [-0.15, -0.1) is 0 Å². The molecule has 5 heteroatoms. The van der Waals surface area contributed by atoms with Crippen LogP contribution in [0.3, 0.4) is 0 Å². The third-order valence-electron chi connectivity index (χ3n) is 2.93. The van der Waals surface area contributed by atoms with Crippen molar-refractivity contribution >= 4 is 0 Å². The number of hydrogen-bond donors (Lipinski definition) is 1. The van der Waals surface area contributed by atoms with E-state index in [0.29, 0.717) is 26.4 Å².